The van der Waals surface area contributed by atoms with Crippen LogP contribution in [0.3, 0.4) is 0 Å². The van der Waals surface area contributed by atoms with Crippen LogP contribution in [0.5, 0.6) is 11.5 Å². The van der Waals surface area contributed by atoms with Gasteiger partial charge in [-0.3, -0.25) is 4.90 Å². The van der Waals surface area contributed by atoms with Gasteiger partial charge in [0.25, 0.3) is 0 Å². The SMILES string of the molecule is COc1cc([C@H](C2CCCC2)N2CCNCC2)cc(Br)c1O.Cl.Cl. The summed E-state index contributed by atoms with van der Waals surface area (Å²) in [5.74, 6) is 1.46. The fourth-order valence-corrected chi connectivity index (χ4v) is 4.39. The Morgan fingerprint density at radius 2 is 1.83 bits per heavy atom. The third-order valence-corrected chi connectivity index (χ3v) is 5.61. The second-order valence-electron chi connectivity index (χ2n) is 6.33. The highest BCUT2D eigenvalue weighted by Gasteiger charge is 2.32. The van der Waals surface area contributed by atoms with Gasteiger partial charge < -0.3 is 15.2 Å². The molecule has 1 saturated heterocycles. The first kappa shape index (κ1) is 21.8. The third-order valence-electron chi connectivity index (χ3n) is 5.00. The van der Waals surface area contributed by atoms with Crippen molar-refractivity contribution in [3.8, 4) is 11.5 Å². The number of methoxy groups -OCH3 is 1. The van der Waals surface area contributed by atoms with Crippen LogP contribution in [0.25, 0.3) is 0 Å². The monoisotopic (exact) mass is 440 g/mol. The van der Waals surface area contributed by atoms with Crippen molar-refractivity contribution in [1.82, 2.24) is 10.2 Å². The highest BCUT2D eigenvalue weighted by molar-refractivity contribution is 9.10. The number of hydrogen-bond acceptors (Lipinski definition) is 4. The van der Waals surface area contributed by atoms with Gasteiger partial charge in [-0.05, 0) is 52.4 Å². The van der Waals surface area contributed by atoms with Gasteiger partial charge in [0.05, 0.1) is 11.6 Å². The normalized spacial score (nSPS) is 20.1. The zero-order valence-electron chi connectivity index (χ0n) is 14.0. The zero-order valence-corrected chi connectivity index (χ0v) is 17.2. The fraction of sp³-hybridized carbons (Fsp3) is 0.647. The zero-order chi connectivity index (χ0) is 15.5. The molecule has 1 aromatic rings. The molecule has 0 aromatic heterocycles. The van der Waals surface area contributed by atoms with E-state index in [1.807, 2.05) is 6.07 Å². The van der Waals surface area contributed by atoms with Gasteiger partial charge in [0.15, 0.2) is 11.5 Å². The van der Waals surface area contributed by atoms with Crippen LogP contribution in [-0.2, 0) is 0 Å². The first-order chi connectivity index (χ1) is 10.7. The molecule has 4 nitrogen and oxygen atoms in total. The highest BCUT2D eigenvalue weighted by atomic mass is 79.9. The van der Waals surface area contributed by atoms with E-state index >= 15 is 0 Å². The Labute approximate surface area is 165 Å². The summed E-state index contributed by atoms with van der Waals surface area (Å²) in [5, 5.41) is 13.5. The quantitative estimate of drug-likeness (QED) is 0.736. The van der Waals surface area contributed by atoms with Gasteiger partial charge in [-0.2, -0.15) is 0 Å². The fourth-order valence-electron chi connectivity index (χ4n) is 3.93. The lowest BCUT2D eigenvalue weighted by molar-refractivity contribution is 0.125. The molecule has 0 radical (unpaired) electrons. The summed E-state index contributed by atoms with van der Waals surface area (Å²) in [5.41, 5.74) is 1.26. The van der Waals surface area contributed by atoms with Crippen molar-refractivity contribution >= 4 is 40.7 Å². The van der Waals surface area contributed by atoms with Gasteiger partial charge in [-0.1, -0.05) is 12.8 Å². The van der Waals surface area contributed by atoms with E-state index < -0.39 is 0 Å². The van der Waals surface area contributed by atoms with Crippen molar-refractivity contribution in [2.24, 2.45) is 5.92 Å². The first-order valence-corrected chi connectivity index (χ1v) is 9.01. The lowest BCUT2D eigenvalue weighted by Crippen LogP contribution is -2.46. The standard InChI is InChI=1S/C17H25BrN2O2.2ClH/c1-22-15-11-13(10-14(18)17(15)21)16(12-4-2-3-5-12)20-8-6-19-7-9-20;;/h10-12,16,19,21H,2-9H2,1H3;2*1H/t16-;;/m0../s1. The van der Waals surface area contributed by atoms with Crippen molar-refractivity contribution < 1.29 is 9.84 Å². The molecule has 1 atom stereocenters. The molecule has 0 amide bonds. The van der Waals surface area contributed by atoms with E-state index in [4.69, 9.17) is 4.74 Å². The van der Waals surface area contributed by atoms with Gasteiger partial charge in [0.1, 0.15) is 0 Å². The highest BCUT2D eigenvalue weighted by Crippen LogP contribution is 2.44. The second-order valence-corrected chi connectivity index (χ2v) is 7.18. The maximum atomic E-state index is 10.1. The van der Waals surface area contributed by atoms with Crippen LogP contribution >= 0.6 is 40.7 Å². The van der Waals surface area contributed by atoms with Crippen molar-refractivity contribution in [3.63, 3.8) is 0 Å². The number of hydrogen-bond donors (Lipinski definition) is 2. The summed E-state index contributed by atoms with van der Waals surface area (Å²) in [7, 11) is 1.61. The predicted octanol–water partition coefficient (Wildman–Crippen LogP) is 4.14. The van der Waals surface area contributed by atoms with Gasteiger partial charge in [-0.15, -0.1) is 24.8 Å². The minimum Gasteiger partial charge on any atom is -0.503 e. The molecule has 0 unspecified atom stereocenters. The van der Waals surface area contributed by atoms with Gasteiger partial charge in [-0.25, -0.2) is 0 Å². The summed E-state index contributed by atoms with van der Waals surface area (Å²) in [4.78, 5) is 2.60. The number of ether oxygens (including phenoxy) is 1. The molecular weight excluding hydrogens is 415 g/mol. The van der Waals surface area contributed by atoms with Crippen molar-refractivity contribution in [2.45, 2.75) is 31.7 Å². The molecule has 1 aliphatic carbocycles. The van der Waals surface area contributed by atoms with Gasteiger partial charge in [0.2, 0.25) is 0 Å². The molecule has 24 heavy (non-hydrogen) atoms. The number of phenols is 1. The van der Waals surface area contributed by atoms with Crippen LogP contribution in [0.4, 0.5) is 0 Å². The van der Waals surface area contributed by atoms with E-state index in [9.17, 15) is 5.11 Å². The Kier molecular flexibility index (Phi) is 9.17. The topological polar surface area (TPSA) is 44.7 Å². The summed E-state index contributed by atoms with van der Waals surface area (Å²) >= 11 is 3.48. The van der Waals surface area contributed by atoms with E-state index in [1.165, 1.54) is 31.2 Å². The van der Waals surface area contributed by atoms with Crippen molar-refractivity contribution in [3.05, 3.63) is 22.2 Å². The summed E-state index contributed by atoms with van der Waals surface area (Å²) in [6.07, 6.45) is 5.28. The first-order valence-electron chi connectivity index (χ1n) is 8.22. The Balaban J connectivity index is 0.00000144. The Morgan fingerprint density at radius 1 is 1.21 bits per heavy atom. The molecule has 1 aliphatic heterocycles. The smallest absolute Gasteiger partial charge is 0.172 e. The largest absolute Gasteiger partial charge is 0.503 e. The number of piperazine rings is 1. The van der Waals surface area contributed by atoms with Crippen LogP contribution in [0.15, 0.2) is 16.6 Å². The Hall–Kier alpha value is -0.200. The molecule has 2 N–H and O–H groups in total. The molecule has 138 valence electrons. The van der Waals surface area contributed by atoms with Crippen LogP contribution < -0.4 is 10.1 Å². The van der Waals surface area contributed by atoms with Crippen LogP contribution in [-0.4, -0.2) is 43.3 Å². The molecular formula is C17H27BrCl2N2O2. The number of benzene rings is 1. The molecule has 0 bridgehead atoms. The lowest BCUT2D eigenvalue weighted by Gasteiger charge is -2.39. The lowest BCUT2D eigenvalue weighted by atomic mass is 9.89. The Bertz CT molecular complexity index is 522. The van der Waals surface area contributed by atoms with Gasteiger partial charge in [0, 0.05) is 32.2 Å². The van der Waals surface area contributed by atoms with E-state index in [0.717, 1.165) is 30.7 Å². The maximum Gasteiger partial charge on any atom is 0.172 e. The molecule has 0 spiro atoms. The van der Waals surface area contributed by atoms with E-state index in [2.05, 4.69) is 32.2 Å². The molecule has 1 aromatic carbocycles. The van der Waals surface area contributed by atoms with Crippen LogP contribution in [0.1, 0.15) is 37.3 Å². The van der Waals surface area contributed by atoms with E-state index in [1.54, 1.807) is 7.11 Å². The van der Waals surface area contributed by atoms with Crippen molar-refractivity contribution in [2.75, 3.05) is 33.3 Å². The number of aromatic hydroxyl groups is 1. The van der Waals surface area contributed by atoms with Crippen LogP contribution in [0.2, 0.25) is 0 Å². The average molecular weight is 442 g/mol. The van der Waals surface area contributed by atoms with Gasteiger partial charge >= 0.3 is 0 Å². The number of phenolic OH excluding ortho intramolecular Hbond substituents is 1. The second kappa shape index (κ2) is 10.1. The molecule has 7 heteroatoms. The summed E-state index contributed by atoms with van der Waals surface area (Å²) in [6, 6.07) is 4.52. The average Bonchev–Trinajstić information content (AvgIpc) is 3.06. The number of rotatable bonds is 4. The molecule has 1 saturated carbocycles. The molecule has 2 aliphatic rings. The minimum atomic E-state index is 0. The Morgan fingerprint density at radius 3 is 2.42 bits per heavy atom. The van der Waals surface area contributed by atoms with Crippen LogP contribution in [0, 0.1) is 5.92 Å². The minimum absolute atomic E-state index is 0. The third kappa shape index (κ3) is 4.70. The molecule has 3 rings (SSSR count). The maximum absolute atomic E-state index is 10.1. The van der Waals surface area contributed by atoms with E-state index in [0.29, 0.717) is 17.7 Å². The predicted molar refractivity (Wildman–Crippen MR) is 106 cm³/mol. The van der Waals surface area contributed by atoms with Crippen molar-refractivity contribution in [1.29, 1.82) is 0 Å². The number of halogens is 3. The molecule has 1 heterocycles. The van der Waals surface area contributed by atoms with E-state index in [-0.39, 0.29) is 30.6 Å². The summed E-state index contributed by atoms with van der Waals surface area (Å²) < 4.78 is 6.08. The number of nitrogens with zero attached hydrogens (tertiary/aromatic N) is 1. The molecule has 2 fully saturated rings. The number of nitrogens with one attached hydrogen (secondary N) is 1. The summed E-state index contributed by atoms with van der Waals surface area (Å²) in [6.45, 7) is 4.28.